The van der Waals surface area contributed by atoms with Gasteiger partial charge in [-0.3, -0.25) is 0 Å². The van der Waals surface area contributed by atoms with Gasteiger partial charge in [0.1, 0.15) is 0 Å². The molecule has 1 aliphatic carbocycles. The summed E-state index contributed by atoms with van der Waals surface area (Å²) in [5.74, 6) is 0. The molecule has 0 bridgehead atoms. The van der Waals surface area contributed by atoms with Crippen molar-refractivity contribution in [3.8, 4) is 6.07 Å². The zero-order chi connectivity index (χ0) is 13.3. The zero-order valence-corrected chi connectivity index (χ0v) is 11.2. The van der Waals surface area contributed by atoms with Crippen molar-refractivity contribution in [3.05, 3.63) is 34.9 Å². The molecule has 0 radical (unpaired) electrons. The van der Waals surface area contributed by atoms with Gasteiger partial charge in [0, 0.05) is 18.0 Å². The van der Waals surface area contributed by atoms with Gasteiger partial charge in [0.15, 0.2) is 0 Å². The van der Waals surface area contributed by atoms with E-state index in [0.717, 1.165) is 18.5 Å². The summed E-state index contributed by atoms with van der Waals surface area (Å²) in [6.45, 7) is 6.99. The minimum atomic E-state index is -0.197. The van der Waals surface area contributed by atoms with Crippen LogP contribution >= 0.6 is 0 Å². The molecule has 0 aromatic heterocycles. The summed E-state index contributed by atoms with van der Waals surface area (Å²) in [5.41, 5.74) is 3.02. The summed E-state index contributed by atoms with van der Waals surface area (Å²) in [6.07, 6.45) is 0.625. The summed E-state index contributed by atoms with van der Waals surface area (Å²) in [5, 5.41) is 22.0. The fourth-order valence-corrected chi connectivity index (χ4v) is 2.45. The van der Waals surface area contributed by atoms with Gasteiger partial charge in [0.2, 0.25) is 0 Å². The zero-order valence-electron chi connectivity index (χ0n) is 11.2. The van der Waals surface area contributed by atoms with Crippen LogP contribution in [0.2, 0.25) is 0 Å². The summed E-state index contributed by atoms with van der Waals surface area (Å²) in [6, 6.07) is 8.28. The second-order valence-electron chi connectivity index (χ2n) is 5.76. The number of aryl methyl sites for hydroxylation is 1. The third kappa shape index (κ3) is 2.27. The summed E-state index contributed by atoms with van der Waals surface area (Å²) < 4.78 is 0. The van der Waals surface area contributed by atoms with Crippen molar-refractivity contribution in [2.45, 2.75) is 45.9 Å². The second-order valence-corrected chi connectivity index (χ2v) is 5.76. The van der Waals surface area contributed by atoms with Crippen LogP contribution in [0.5, 0.6) is 0 Å². The highest BCUT2D eigenvalue weighted by Crippen LogP contribution is 2.40. The molecule has 1 aliphatic rings. The molecule has 96 valence electrons. The fraction of sp³-hybridized carbons (Fsp3) is 0.533. The smallest absolute Gasteiger partial charge is 0.0991 e. The van der Waals surface area contributed by atoms with Crippen molar-refractivity contribution in [1.29, 1.82) is 5.26 Å². The predicted octanol–water partition coefficient (Wildman–Crippen LogP) is 2.12. The van der Waals surface area contributed by atoms with Gasteiger partial charge in [-0.05, 0) is 36.6 Å². The third-order valence-electron chi connectivity index (χ3n) is 4.23. The first-order valence-electron chi connectivity index (χ1n) is 6.36. The van der Waals surface area contributed by atoms with E-state index in [1.807, 2.05) is 25.1 Å². The number of nitrogens with one attached hydrogen (secondary N) is 1. The molecule has 1 aromatic rings. The maximum atomic E-state index is 9.69. The van der Waals surface area contributed by atoms with Gasteiger partial charge in [0.05, 0.1) is 17.7 Å². The van der Waals surface area contributed by atoms with E-state index in [-0.39, 0.29) is 11.5 Å². The molecular weight excluding hydrogens is 224 g/mol. The van der Waals surface area contributed by atoms with Gasteiger partial charge in [-0.25, -0.2) is 0 Å². The van der Waals surface area contributed by atoms with Crippen LogP contribution in [0.4, 0.5) is 0 Å². The number of aliphatic hydroxyl groups is 1. The molecule has 0 aliphatic heterocycles. The molecule has 2 N–H and O–H groups in total. The molecule has 3 nitrogen and oxygen atoms in total. The SMILES string of the molecule is Cc1cc(C#N)ccc1CNC1CC(O)C1(C)C. The van der Waals surface area contributed by atoms with E-state index in [1.54, 1.807) is 0 Å². The Bertz CT molecular complexity index is 488. The second kappa shape index (κ2) is 4.72. The Hall–Kier alpha value is -1.37. The number of rotatable bonds is 3. The van der Waals surface area contributed by atoms with Gasteiger partial charge in [-0.15, -0.1) is 0 Å². The Morgan fingerprint density at radius 3 is 2.72 bits per heavy atom. The maximum absolute atomic E-state index is 9.69. The first kappa shape index (κ1) is 13.1. The Labute approximate surface area is 108 Å². The van der Waals surface area contributed by atoms with Crippen molar-refractivity contribution in [1.82, 2.24) is 5.32 Å². The van der Waals surface area contributed by atoms with E-state index in [9.17, 15) is 5.11 Å². The molecule has 1 fully saturated rings. The molecule has 0 amide bonds. The number of benzene rings is 1. The van der Waals surface area contributed by atoms with Crippen LogP contribution in [0.1, 0.15) is 37.0 Å². The van der Waals surface area contributed by atoms with E-state index >= 15 is 0 Å². The molecule has 1 saturated carbocycles. The highest BCUT2D eigenvalue weighted by atomic mass is 16.3. The molecule has 0 saturated heterocycles. The molecule has 18 heavy (non-hydrogen) atoms. The monoisotopic (exact) mass is 244 g/mol. The number of nitrogens with zero attached hydrogens (tertiary/aromatic N) is 1. The van der Waals surface area contributed by atoms with E-state index < -0.39 is 0 Å². The first-order valence-corrected chi connectivity index (χ1v) is 6.36. The van der Waals surface area contributed by atoms with Gasteiger partial charge in [0.25, 0.3) is 0 Å². The lowest BCUT2D eigenvalue weighted by molar-refractivity contribution is -0.0729. The summed E-state index contributed by atoms with van der Waals surface area (Å²) >= 11 is 0. The number of aliphatic hydroxyl groups excluding tert-OH is 1. The quantitative estimate of drug-likeness (QED) is 0.856. The summed E-state index contributed by atoms with van der Waals surface area (Å²) in [7, 11) is 0. The van der Waals surface area contributed by atoms with Crippen molar-refractivity contribution >= 4 is 0 Å². The Morgan fingerprint density at radius 1 is 1.50 bits per heavy atom. The maximum Gasteiger partial charge on any atom is 0.0991 e. The average molecular weight is 244 g/mol. The standard InChI is InChI=1S/C15H20N2O/c1-10-6-11(8-16)4-5-12(10)9-17-13-7-14(18)15(13,2)3/h4-6,13-14,17-18H,7,9H2,1-3H3. The van der Waals surface area contributed by atoms with E-state index in [2.05, 4.69) is 25.2 Å². The van der Waals surface area contributed by atoms with E-state index in [1.165, 1.54) is 5.56 Å². The Kier molecular flexibility index (Phi) is 3.43. The van der Waals surface area contributed by atoms with Gasteiger partial charge in [-0.1, -0.05) is 19.9 Å². The normalized spacial score (nSPS) is 25.3. The van der Waals surface area contributed by atoms with Crippen LogP contribution in [-0.4, -0.2) is 17.3 Å². The highest BCUT2D eigenvalue weighted by molar-refractivity contribution is 5.37. The minimum absolute atomic E-state index is 0.0412. The van der Waals surface area contributed by atoms with Gasteiger partial charge >= 0.3 is 0 Å². The molecule has 1 aromatic carbocycles. The van der Waals surface area contributed by atoms with Crippen molar-refractivity contribution < 1.29 is 5.11 Å². The Morgan fingerprint density at radius 2 is 2.22 bits per heavy atom. The lowest BCUT2D eigenvalue weighted by Crippen LogP contribution is -2.59. The molecule has 2 unspecified atom stereocenters. The van der Waals surface area contributed by atoms with Crippen LogP contribution in [0.15, 0.2) is 18.2 Å². The lowest BCUT2D eigenvalue weighted by Gasteiger charge is -2.49. The van der Waals surface area contributed by atoms with Crippen LogP contribution in [0.3, 0.4) is 0 Å². The van der Waals surface area contributed by atoms with Gasteiger partial charge < -0.3 is 10.4 Å². The molecule has 2 atom stereocenters. The minimum Gasteiger partial charge on any atom is -0.392 e. The number of nitriles is 1. The largest absolute Gasteiger partial charge is 0.392 e. The van der Waals surface area contributed by atoms with Crippen LogP contribution in [0.25, 0.3) is 0 Å². The average Bonchev–Trinajstić information content (AvgIpc) is 2.35. The molecule has 0 heterocycles. The highest BCUT2D eigenvalue weighted by Gasteiger charge is 2.46. The Balaban J connectivity index is 1.98. The molecular formula is C15H20N2O. The number of hydrogen-bond donors (Lipinski definition) is 2. The van der Waals surface area contributed by atoms with Crippen LogP contribution < -0.4 is 5.32 Å². The summed E-state index contributed by atoms with van der Waals surface area (Å²) in [4.78, 5) is 0. The molecule has 2 rings (SSSR count). The van der Waals surface area contributed by atoms with Crippen molar-refractivity contribution in [2.24, 2.45) is 5.41 Å². The van der Waals surface area contributed by atoms with Crippen LogP contribution in [0, 0.1) is 23.7 Å². The van der Waals surface area contributed by atoms with E-state index in [4.69, 9.17) is 5.26 Å². The predicted molar refractivity (Wildman–Crippen MR) is 70.9 cm³/mol. The topological polar surface area (TPSA) is 56.0 Å². The molecule has 0 spiro atoms. The lowest BCUT2D eigenvalue weighted by atomic mass is 9.64. The molecule has 3 heteroatoms. The van der Waals surface area contributed by atoms with Gasteiger partial charge in [-0.2, -0.15) is 5.26 Å². The van der Waals surface area contributed by atoms with Crippen molar-refractivity contribution in [2.75, 3.05) is 0 Å². The van der Waals surface area contributed by atoms with E-state index in [0.29, 0.717) is 11.6 Å². The third-order valence-corrected chi connectivity index (χ3v) is 4.23. The number of hydrogen-bond acceptors (Lipinski definition) is 3. The first-order chi connectivity index (χ1) is 8.45. The fourth-order valence-electron chi connectivity index (χ4n) is 2.45. The van der Waals surface area contributed by atoms with Crippen molar-refractivity contribution in [3.63, 3.8) is 0 Å². The van der Waals surface area contributed by atoms with Crippen LogP contribution in [-0.2, 0) is 6.54 Å².